The first-order chi connectivity index (χ1) is 11.0. The van der Waals surface area contributed by atoms with Crippen LogP contribution in [0.15, 0.2) is 36.7 Å². The van der Waals surface area contributed by atoms with Gasteiger partial charge in [-0.25, -0.2) is 4.98 Å². The number of halogens is 1. The summed E-state index contributed by atoms with van der Waals surface area (Å²) >= 11 is 7.60. The highest BCUT2D eigenvalue weighted by atomic mass is 35.5. The van der Waals surface area contributed by atoms with Gasteiger partial charge in [-0.2, -0.15) is 5.10 Å². The molecule has 0 aliphatic heterocycles. The van der Waals surface area contributed by atoms with Gasteiger partial charge in [0.2, 0.25) is 0 Å². The third-order valence-corrected chi connectivity index (χ3v) is 4.79. The number of carbonyl (C=O) groups is 1. The molecule has 5 nitrogen and oxygen atoms in total. The average molecular weight is 347 g/mol. The lowest BCUT2D eigenvalue weighted by Crippen LogP contribution is -2.11. The number of carbonyl (C=O) groups excluding carboxylic acids is 1. The number of thiazole rings is 1. The first-order valence-corrected chi connectivity index (χ1v) is 8.23. The first kappa shape index (κ1) is 15.7. The van der Waals surface area contributed by atoms with Crippen LogP contribution in [0.2, 0.25) is 5.02 Å². The Morgan fingerprint density at radius 1 is 1.35 bits per heavy atom. The average Bonchev–Trinajstić information content (AvgIpc) is 3.09. The van der Waals surface area contributed by atoms with Crippen LogP contribution in [0.3, 0.4) is 0 Å². The van der Waals surface area contributed by atoms with Crippen molar-refractivity contribution in [2.45, 2.75) is 20.4 Å². The van der Waals surface area contributed by atoms with E-state index in [-0.39, 0.29) is 5.91 Å². The highest BCUT2D eigenvalue weighted by Crippen LogP contribution is 2.22. The Bertz CT molecular complexity index is 836. The van der Waals surface area contributed by atoms with Gasteiger partial charge >= 0.3 is 0 Å². The van der Waals surface area contributed by atoms with E-state index < -0.39 is 0 Å². The molecule has 118 valence electrons. The van der Waals surface area contributed by atoms with Crippen molar-refractivity contribution in [2.75, 3.05) is 5.32 Å². The summed E-state index contributed by atoms with van der Waals surface area (Å²) in [5, 5.41) is 8.30. The van der Waals surface area contributed by atoms with Crippen molar-refractivity contribution in [1.29, 1.82) is 0 Å². The van der Waals surface area contributed by atoms with Gasteiger partial charge in [0, 0.05) is 16.1 Å². The molecule has 1 aromatic carbocycles. The van der Waals surface area contributed by atoms with Crippen LogP contribution in [-0.4, -0.2) is 20.7 Å². The Morgan fingerprint density at radius 2 is 2.13 bits per heavy atom. The van der Waals surface area contributed by atoms with E-state index in [9.17, 15) is 4.79 Å². The summed E-state index contributed by atoms with van der Waals surface area (Å²) in [6, 6.07) is 7.57. The highest BCUT2D eigenvalue weighted by Gasteiger charge is 2.12. The van der Waals surface area contributed by atoms with Crippen molar-refractivity contribution in [3.8, 4) is 0 Å². The zero-order chi connectivity index (χ0) is 16.4. The number of nitrogens with zero attached hydrogens (tertiary/aromatic N) is 3. The third kappa shape index (κ3) is 3.60. The summed E-state index contributed by atoms with van der Waals surface area (Å²) in [7, 11) is 0. The maximum Gasteiger partial charge on any atom is 0.260 e. The molecular formula is C16H15ClN4OS. The molecule has 3 rings (SSSR count). The molecular weight excluding hydrogens is 332 g/mol. The molecule has 1 amide bonds. The maximum absolute atomic E-state index is 12.2. The Kier molecular flexibility index (Phi) is 4.45. The predicted molar refractivity (Wildman–Crippen MR) is 92.3 cm³/mol. The zero-order valence-electron chi connectivity index (χ0n) is 12.7. The molecule has 0 fully saturated rings. The lowest BCUT2D eigenvalue weighted by molar-refractivity contribution is 0.102. The van der Waals surface area contributed by atoms with E-state index >= 15 is 0 Å². The fourth-order valence-corrected chi connectivity index (χ4v) is 3.07. The number of nitrogens with one attached hydrogen (secondary N) is 1. The van der Waals surface area contributed by atoms with Gasteiger partial charge in [0.15, 0.2) is 5.13 Å². The fraction of sp³-hybridized carbons (Fsp3) is 0.188. The molecule has 1 N–H and O–H groups in total. The van der Waals surface area contributed by atoms with Gasteiger partial charge in [-0.05, 0) is 25.5 Å². The van der Waals surface area contributed by atoms with Crippen molar-refractivity contribution >= 4 is 34.0 Å². The second-order valence-electron chi connectivity index (χ2n) is 5.13. The van der Waals surface area contributed by atoms with Gasteiger partial charge in [0.1, 0.15) is 0 Å². The number of rotatable bonds is 4. The first-order valence-electron chi connectivity index (χ1n) is 7.04. The van der Waals surface area contributed by atoms with Crippen molar-refractivity contribution in [3.05, 3.63) is 63.4 Å². The van der Waals surface area contributed by atoms with Gasteiger partial charge < -0.3 is 0 Å². The summed E-state index contributed by atoms with van der Waals surface area (Å²) < 4.78 is 1.69. The Balaban J connectivity index is 1.71. The second kappa shape index (κ2) is 6.52. The van der Waals surface area contributed by atoms with Crippen LogP contribution >= 0.6 is 22.9 Å². The fourth-order valence-electron chi connectivity index (χ4n) is 2.06. The Hall–Kier alpha value is -2.18. The lowest BCUT2D eigenvalue weighted by Gasteiger charge is -2.03. The molecule has 0 saturated heterocycles. The van der Waals surface area contributed by atoms with Crippen molar-refractivity contribution in [2.24, 2.45) is 0 Å². The van der Waals surface area contributed by atoms with Gasteiger partial charge in [-0.15, -0.1) is 11.3 Å². The van der Waals surface area contributed by atoms with Gasteiger partial charge in [0.25, 0.3) is 5.91 Å². The molecule has 2 heterocycles. The monoisotopic (exact) mass is 346 g/mol. The quantitative estimate of drug-likeness (QED) is 0.779. The summed E-state index contributed by atoms with van der Waals surface area (Å²) in [5.74, 6) is -0.218. The summed E-state index contributed by atoms with van der Waals surface area (Å²) in [6.45, 7) is 4.41. The van der Waals surface area contributed by atoms with E-state index in [0.717, 1.165) is 16.1 Å². The maximum atomic E-state index is 12.2. The standard InChI is InChI=1S/C16H15ClN4OS/c1-10-11(2)23-16(19-10)20-15(22)13-7-18-21(9-13)8-12-5-3-4-6-14(12)17/h3-7,9H,8H2,1-2H3,(H,19,20,22). The summed E-state index contributed by atoms with van der Waals surface area (Å²) in [6.07, 6.45) is 3.24. The van der Waals surface area contributed by atoms with Gasteiger partial charge in [0.05, 0.1) is 24.0 Å². The molecule has 0 spiro atoms. The van der Waals surface area contributed by atoms with Crippen LogP contribution in [0.1, 0.15) is 26.5 Å². The molecule has 0 radical (unpaired) electrons. The molecule has 3 aromatic rings. The van der Waals surface area contributed by atoms with E-state index in [4.69, 9.17) is 11.6 Å². The minimum absolute atomic E-state index is 0.218. The highest BCUT2D eigenvalue weighted by molar-refractivity contribution is 7.15. The number of hydrogen-bond donors (Lipinski definition) is 1. The zero-order valence-corrected chi connectivity index (χ0v) is 14.3. The topological polar surface area (TPSA) is 59.8 Å². The smallest absolute Gasteiger partial charge is 0.260 e. The number of benzene rings is 1. The summed E-state index contributed by atoms with van der Waals surface area (Å²) in [5.41, 5.74) is 2.37. The van der Waals surface area contributed by atoms with Crippen molar-refractivity contribution in [1.82, 2.24) is 14.8 Å². The van der Waals surface area contributed by atoms with E-state index in [2.05, 4.69) is 15.4 Å². The molecule has 0 unspecified atom stereocenters. The molecule has 7 heteroatoms. The molecule has 23 heavy (non-hydrogen) atoms. The number of amides is 1. The number of anilines is 1. The molecule has 0 aliphatic carbocycles. The Labute approximate surface area is 142 Å². The van der Waals surface area contributed by atoms with Crippen LogP contribution < -0.4 is 5.32 Å². The van der Waals surface area contributed by atoms with Crippen LogP contribution in [0, 0.1) is 13.8 Å². The van der Waals surface area contributed by atoms with Gasteiger partial charge in [-0.1, -0.05) is 29.8 Å². The number of hydrogen-bond acceptors (Lipinski definition) is 4. The SMILES string of the molecule is Cc1nc(NC(=O)c2cnn(Cc3ccccc3Cl)c2)sc1C. The van der Waals surface area contributed by atoms with Gasteiger partial charge in [-0.3, -0.25) is 14.8 Å². The lowest BCUT2D eigenvalue weighted by atomic mass is 10.2. The predicted octanol–water partition coefficient (Wildman–Crippen LogP) is 3.91. The van der Waals surface area contributed by atoms with E-state index in [0.29, 0.717) is 22.3 Å². The van der Waals surface area contributed by atoms with Crippen LogP contribution in [0.4, 0.5) is 5.13 Å². The molecule has 0 atom stereocenters. The number of aryl methyl sites for hydroxylation is 2. The minimum Gasteiger partial charge on any atom is -0.298 e. The normalized spacial score (nSPS) is 10.7. The largest absolute Gasteiger partial charge is 0.298 e. The van der Waals surface area contributed by atoms with Crippen LogP contribution in [0.25, 0.3) is 0 Å². The van der Waals surface area contributed by atoms with Crippen LogP contribution in [0.5, 0.6) is 0 Å². The molecule has 0 bridgehead atoms. The van der Waals surface area contributed by atoms with Crippen molar-refractivity contribution < 1.29 is 4.79 Å². The molecule has 0 aliphatic rings. The molecule has 2 aromatic heterocycles. The molecule has 0 saturated carbocycles. The van der Waals surface area contributed by atoms with Crippen molar-refractivity contribution in [3.63, 3.8) is 0 Å². The van der Waals surface area contributed by atoms with E-state index in [1.165, 1.54) is 11.3 Å². The second-order valence-corrected chi connectivity index (χ2v) is 6.74. The van der Waals surface area contributed by atoms with Crippen LogP contribution in [-0.2, 0) is 6.54 Å². The number of aromatic nitrogens is 3. The summed E-state index contributed by atoms with van der Waals surface area (Å²) in [4.78, 5) is 17.6. The minimum atomic E-state index is -0.218. The van der Waals surface area contributed by atoms with E-state index in [1.54, 1.807) is 17.1 Å². The third-order valence-electron chi connectivity index (χ3n) is 3.43. The van der Waals surface area contributed by atoms with E-state index in [1.807, 2.05) is 38.1 Å². The Morgan fingerprint density at radius 3 is 2.83 bits per heavy atom.